The summed E-state index contributed by atoms with van der Waals surface area (Å²) in [6.45, 7) is 0. The van der Waals surface area contributed by atoms with Crippen molar-refractivity contribution < 1.29 is 9.53 Å². The molecule has 0 spiro atoms. The fraction of sp³-hybridized carbons (Fsp3) is 0.188. The van der Waals surface area contributed by atoms with Crippen LogP contribution in [0.1, 0.15) is 23.5 Å². The SMILES string of the molecule is COc1ccc(-n2cccn2)c(C2CC(=O)Nc3[nH]ncc32)c1. The van der Waals surface area contributed by atoms with E-state index in [1.807, 2.05) is 30.5 Å². The van der Waals surface area contributed by atoms with E-state index < -0.39 is 0 Å². The summed E-state index contributed by atoms with van der Waals surface area (Å²) < 4.78 is 7.15. The van der Waals surface area contributed by atoms with Gasteiger partial charge in [-0.1, -0.05) is 0 Å². The average Bonchev–Trinajstić information content (AvgIpc) is 3.24. The Morgan fingerprint density at radius 2 is 2.26 bits per heavy atom. The third-order valence-corrected chi connectivity index (χ3v) is 4.06. The van der Waals surface area contributed by atoms with Gasteiger partial charge in [0.05, 0.1) is 19.0 Å². The molecule has 7 nitrogen and oxygen atoms in total. The van der Waals surface area contributed by atoms with Gasteiger partial charge in [-0.05, 0) is 29.8 Å². The first kappa shape index (κ1) is 13.6. The topological polar surface area (TPSA) is 84.8 Å². The van der Waals surface area contributed by atoms with E-state index >= 15 is 0 Å². The number of anilines is 1. The zero-order chi connectivity index (χ0) is 15.8. The maximum Gasteiger partial charge on any atom is 0.226 e. The quantitative estimate of drug-likeness (QED) is 0.775. The predicted molar refractivity (Wildman–Crippen MR) is 83.8 cm³/mol. The van der Waals surface area contributed by atoms with Gasteiger partial charge >= 0.3 is 0 Å². The second-order valence-electron chi connectivity index (χ2n) is 5.38. The van der Waals surface area contributed by atoms with E-state index in [1.165, 1.54) is 0 Å². The van der Waals surface area contributed by atoms with Gasteiger partial charge in [0.2, 0.25) is 5.91 Å². The van der Waals surface area contributed by atoms with Crippen LogP contribution in [-0.4, -0.2) is 33.0 Å². The van der Waals surface area contributed by atoms with Crippen molar-refractivity contribution >= 4 is 11.7 Å². The lowest BCUT2D eigenvalue weighted by Gasteiger charge is -2.24. The molecule has 1 aliphatic heterocycles. The van der Waals surface area contributed by atoms with Crippen molar-refractivity contribution in [3.05, 3.63) is 54.0 Å². The minimum absolute atomic E-state index is 0.0408. The molecule has 1 amide bonds. The Kier molecular flexibility index (Phi) is 3.11. The number of methoxy groups -OCH3 is 1. The van der Waals surface area contributed by atoms with Crippen LogP contribution in [0, 0.1) is 0 Å². The van der Waals surface area contributed by atoms with Crippen LogP contribution in [-0.2, 0) is 4.79 Å². The molecule has 116 valence electrons. The number of ether oxygens (including phenoxy) is 1. The third-order valence-electron chi connectivity index (χ3n) is 4.06. The molecule has 4 rings (SSSR count). The van der Waals surface area contributed by atoms with E-state index in [1.54, 1.807) is 24.2 Å². The molecule has 0 saturated carbocycles. The number of hydrogen-bond donors (Lipinski definition) is 2. The predicted octanol–water partition coefficient (Wildman–Crippen LogP) is 2.08. The summed E-state index contributed by atoms with van der Waals surface area (Å²) in [4.78, 5) is 12.0. The lowest BCUT2D eigenvalue weighted by Crippen LogP contribution is -2.23. The smallest absolute Gasteiger partial charge is 0.226 e. The molecule has 1 aromatic carbocycles. The Bertz CT molecular complexity index is 853. The van der Waals surface area contributed by atoms with E-state index in [9.17, 15) is 4.79 Å². The van der Waals surface area contributed by atoms with Crippen molar-refractivity contribution in [2.45, 2.75) is 12.3 Å². The van der Waals surface area contributed by atoms with Gasteiger partial charge in [-0.15, -0.1) is 0 Å². The van der Waals surface area contributed by atoms with Crippen LogP contribution in [0.25, 0.3) is 5.69 Å². The summed E-state index contributed by atoms with van der Waals surface area (Å²) in [7, 11) is 1.63. The van der Waals surface area contributed by atoms with E-state index in [0.29, 0.717) is 12.2 Å². The van der Waals surface area contributed by atoms with E-state index in [-0.39, 0.29) is 11.8 Å². The zero-order valence-corrected chi connectivity index (χ0v) is 12.5. The molecule has 3 aromatic rings. The van der Waals surface area contributed by atoms with Crippen LogP contribution < -0.4 is 10.1 Å². The van der Waals surface area contributed by atoms with Gasteiger partial charge in [0, 0.05) is 30.3 Å². The number of aromatic amines is 1. The first-order valence-electron chi connectivity index (χ1n) is 7.27. The van der Waals surface area contributed by atoms with Crippen molar-refractivity contribution in [3.8, 4) is 11.4 Å². The summed E-state index contributed by atoms with van der Waals surface area (Å²) in [5.74, 6) is 1.25. The average molecular weight is 309 g/mol. The molecule has 1 aliphatic rings. The van der Waals surface area contributed by atoms with E-state index in [0.717, 1.165) is 22.6 Å². The summed E-state index contributed by atoms with van der Waals surface area (Å²) in [6, 6.07) is 7.66. The van der Waals surface area contributed by atoms with Gasteiger partial charge in [-0.3, -0.25) is 9.89 Å². The molecule has 0 radical (unpaired) electrons. The highest BCUT2D eigenvalue weighted by Gasteiger charge is 2.30. The first-order valence-corrected chi connectivity index (χ1v) is 7.27. The first-order chi connectivity index (χ1) is 11.3. The normalized spacial score (nSPS) is 16.7. The van der Waals surface area contributed by atoms with Crippen molar-refractivity contribution in [2.75, 3.05) is 12.4 Å². The van der Waals surface area contributed by atoms with Gasteiger partial charge in [-0.2, -0.15) is 10.2 Å². The Morgan fingerprint density at radius 1 is 1.35 bits per heavy atom. The monoisotopic (exact) mass is 309 g/mol. The molecule has 0 bridgehead atoms. The van der Waals surface area contributed by atoms with Crippen molar-refractivity contribution in [2.24, 2.45) is 0 Å². The van der Waals surface area contributed by atoms with Gasteiger partial charge in [-0.25, -0.2) is 4.68 Å². The lowest BCUT2D eigenvalue weighted by atomic mass is 9.86. The number of carbonyl (C=O) groups is 1. The molecule has 0 fully saturated rings. The number of aromatic nitrogens is 4. The van der Waals surface area contributed by atoms with E-state index in [4.69, 9.17) is 4.74 Å². The Balaban J connectivity index is 1.90. The van der Waals surface area contributed by atoms with Gasteiger partial charge in [0.15, 0.2) is 0 Å². The van der Waals surface area contributed by atoms with E-state index in [2.05, 4.69) is 20.6 Å². The number of nitrogens with one attached hydrogen (secondary N) is 2. The second kappa shape index (κ2) is 5.28. The molecule has 23 heavy (non-hydrogen) atoms. The molecule has 1 unspecified atom stereocenters. The number of rotatable bonds is 3. The number of carbonyl (C=O) groups excluding carboxylic acids is 1. The summed E-state index contributed by atoms with van der Waals surface area (Å²) in [6.07, 6.45) is 5.72. The highest BCUT2D eigenvalue weighted by atomic mass is 16.5. The van der Waals surface area contributed by atoms with Crippen LogP contribution in [0.3, 0.4) is 0 Å². The van der Waals surface area contributed by atoms with Crippen molar-refractivity contribution in [1.29, 1.82) is 0 Å². The highest BCUT2D eigenvalue weighted by Crippen LogP contribution is 2.39. The van der Waals surface area contributed by atoms with Gasteiger partial charge < -0.3 is 10.1 Å². The number of hydrogen-bond acceptors (Lipinski definition) is 4. The molecular weight excluding hydrogens is 294 g/mol. The number of H-pyrrole nitrogens is 1. The van der Waals surface area contributed by atoms with Gasteiger partial charge in [0.1, 0.15) is 11.6 Å². The number of amides is 1. The Labute approximate surface area is 132 Å². The highest BCUT2D eigenvalue weighted by molar-refractivity contribution is 5.94. The summed E-state index contributed by atoms with van der Waals surface area (Å²) in [5, 5.41) is 14.0. The second-order valence-corrected chi connectivity index (χ2v) is 5.38. The largest absolute Gasteiger partial charge is 0.497 e. The van der Waals surface area contributed by atoms with Crippen molar-refractivity contribution in [3.63, 3.8) is 0 Å². The molecule has 2 aromatic heterocycles. The molecule has 0 saturated heterocycles. The lowest BCUT2D eigenvalue weighted by molar-refractivity contribution is -0.116. The maximum absolute atomic E-state index is 12.0. The number of nitrogens with zero attached hydrogens (tertiary/aromatic N) is 3. The standard InChI is InChI=1S/C16H15N5O2/c1-23-10-3-4-14(21-6-2-5-18-21)12(7-10)11-8-15(22)19-16-13(11)9-17-20-16/h2-7,9,11H,8H2,1H3,(H2,17,19,20,22). The molecule has 7 heteroatoms. The van der Waals surface area contributed by atoms with Crippen LogP contribution in [0.2, 0.25) is 0 Å². The summed E-state index contributed by atoms with van der Waals surface area (Å²) >= 11 is 0. The zero-order valence-electron chi connectivity index (χ0n) is 12.5. The minimum atomic E-state index is -0.105. The fourth-order valence-corrected chi connectivity index (χ4v) is 2.98. The molecule has 2 N–H and O–H groups in total. The number of fused-ring (bicyclic) bond motifs is 1. The van der Waals surface area contributed by atoms with Crippen LogP contribution in [0.4, 0.5) is 5.82 Å². The molecular formula is C16H15N5O2. The molecule has 1 atom stereocenters. The third kappa shape index (κ3) is 2.26. The van der Waals surface area contributed by atoms with Crippen molar-refractivity contribution in [1.82, 2.24) is 20.0 Å². The minimum Gasteiger partial charge on any atom is -0.497 e. The number of benzene rings is 1. The fourth-order valence-electron chi connectivity index (χ4n) is 2.98. The molecule has 0 aliphatic carbocycles. The molecule has 3 heterocycles. The summed E-state index contributed by atoms with van der Waals surface area (Å²) in [5.41, 5.74) is 2.86. The van der Waals surface area contributed by atoms with Crippen LogP contribution in [0.15, 0.2) is 42.9 Å². The van der Waals surface area contributed by atoms with Crippen LogP contribution in [0.5, 0.6) is 5.75 Å². The maximum atomic E-state index is 12.0. The Morgan fingerprint density at radius 3 is 3.04 bits per heavy atom. The van der Waals surface area contributed by atoms with Crippen LogP contribution >= 0.6 is 0 Å². The van der Waals surface area contributed by atoms with Gasteiger partial charge in [0.25, 0.3) is 0 Å². The Hall–Kier alpha value is -3.09.